The van der Waals surface area contributed by atoms with E-state index in [1.807, 2.05) is 66.7 Å². The molecule has 1 fully saturated rings. The molecule has 2 aromatic heterocycles. The first kappa shape index (κ1) is 20.2. The molecule has 0 aliphatic heterocycles. The van der Waals surface area contributed by atoms with Crippen molar-refractivity contribution in [2.45, 2.75) is 38.5 Å². The fourth-order valence-corrected chi connectivity index (χ4v) is 3.51. The van der Waals surface area contributed by atoms with Crippen molar-refractivity contribution >= 4 is 5.91 Å². The fraction of sp³-hybridized carbons (Fsp3) is 0.240. The Morgan fingerprint density at radius 1 is 0.938 bits per heavy atom. The van der Waals surface area contributed by atoms with Crippen LogP contribution >= 0.6 is 0 Å². The number of nitrogens with zero attached hydrogens (tertiary/aromatic N) is 3. The highest BCUT2D eigenvalue weighted by Crippen LogP contribution is 2.21. The predicted octanol–water partition coefficient (Wildman–Crippen LogP) is 4.42. The highest BCUT2D eigenvalue weighted by atomic mass is 16.4. The number of furan rings is 1. The molecule has 2 heterocycles. The smallest absolute Gasteiger partial charge is 0.251 e. The van der Waals surface area contributed by atoms with Crippen molar-refractivity contribution in [3.8, 4) is 11.5 Å². The lowest BCUT2D eigenvalue weighted by Crippen LogP contribution is -2.25. The molecule has 1 saturated carbocycles. The van der Waals surface area contributed by atoms with E-state index in [0.29, 0.717) is 43.0 Å². The number of amides is 1. The van der Waals surface area contributed by atoms with Crippen LogP contribution in [0, 0.1) is 0 Å². The summed E-state index contributed by atoms with van der Waals surface area (Å²) in [6, 6.07) is 21.6. The van der Waals surface area contributed by atoms with Crippen LogP contribution in [0.25, 0.3) is 11.5 Å². The van der Waals surface area contributed by atoms with Crippen molar-refractivity contribution in [2.24, 2.45) is 0 Å². The van der Waals surface area contributed by atoms with E-state index >= 15 is 0 Å². The molecule has 1 N–H and O–H groups in total. The number of nitrogens with one attached hydrogen (secondary N) is 1. The van der Waals surface area contributed by atoms with Gasteiger partial charge in [0.05, 0.1) is 19.4 Å². The number of carbonyl (C=O) groups is 1. The summed E-state index contributed by atoms with van der Waals surface area (Å²) in [7, 11) is 0. The van der Waals surface area contributed by atoms with E-state index < -0.39 is 0 Å². The molecule has 0 saturated heterocycles. The van der Waals surface area contributed by atoms with Crippen molar-refractivity contribution < 1.29 is 13.6 Å². The lowest BCUT2D eigenvalue weighted by molar-refractivity contribution is 0.0951. The number of hydrogen-bond acceptors (Lipinski definition) is 6. The predicted molar refractivity (Wildman–Crippen MR) is 118 cm³/mol. The van der Waals surface area contributed by atoms with Crippen LogP contribution in [0.5, 0.6) is 0 Å². The van der Waals surface area contributed by atoms with Gasteiger partial charge in [0.2, 0.25) is 11.8 Å². The average molecular weight is 428 g/mol. The largest absolute Gasteiger partial charge is 0.468 e. The van der Waals surface area contributed by atoms with Crippen molar-refractivity contribution in [3.05, 3.63) is 95.8 Å². The van der Waals surface area contributed by atoms with E-state index in [9.17, 15) is 4.79 Å². The zero-order valence-electron chi connectivity index (χ0n) is 17.6. The monoisotopic (exact) mass is 428 g/mol. The van der Waals surface area contributed by atoms with Crippen LogP contribution in [0.4, 0.5) is 0 Å². The van der Waals surface area contributed by atoms with Crippen LogP contribution in [0.3, 0.4) is 0 Å². The Balaban J connectivity index is 1.29. The molecular weight excluding hydrogens is 404 g/mol. The minimum absolute atomic E-state index is 0.00853. The molecule has 0 spiro atoms. The van der Waals surface area contributed by atoms with E-state index in [1.54, 1.807) is 6.26 Å². The number of benzene rings is 2. The number of aromatic nitrogens is 2. The fourth-order valence-electron chi connectivity index (χ4n) is 3.51. The topological polar surface area (TPSA) is 84.4 Å². The van der Waals surface area contributed by atoms with Gasteiger partial charge in [0.1, 0.15) is 5.76 Å². The second-order valence-corrected chi connectivity index (χ2v) is 8.04. The molecule has 7 heteroatoms. The van der Waals surface area contributed by atoms with Gasteiger partial charge in [-0.15, -0.1) is 10.2 Å². The van der Waals surface area contributed by atoms with Gasteiger partial charge in [-0.2, -0.15) is 0 Å². The Labute approximate surface area is 186 Å². The molecule has 0 bridgehead atoms. The van der Waals surface area contributed by atoms with E-state index in [0.717, 1.165) is 29.7 Å². The molecule has 0 atom stereocenters. The van der Waals surface area contributed by atoms with E-state index in [2.05, 4.69) is 20.4 Å². The Kier molecular flexibility index (Phi) is 5.81. The van der Waals surface area contributed by atoms with E-state index in [4.69, 9.17) is 8.83 Å². The Morgan fingerprint density at radius 2 is 1.75 bits per heavy atom. The van der Waals surface area contributed by atoms with Gasteiger partial charge in [0, 0.05) is 23.7 Å². The number of hydrogen-bond donors (Lipinski definition) is 1. The third-order valence-electron chi connectivity index (χ3n) is 5.34. The zero-order valence-corrected chi connectivity index (χ0v) is 17.6. The molecular formula is C25H24N4O3. The van der Waals surface area contributed by atoms with Crippen LogP contribution in [-0.4, -0.2) is 27.0 Å². The maximum atomic E-state index is 12.2. The standard InChI is InChI=1S/C25H24N4O3/c30-24(26-21-12-13-21)19-10-8-18(9-11-19)15-29(16-22-7-4-14-31-22)17-23-27-28-25(32-23)20-5-2-1-3-6-20/h1-11,14,21H,12-13,15-17H2,(H,26,30). The first-order valence-electron chi connectivity index (χ1n) is 10.8. The summed E-state index contributed by atoms with van der Waals surface area (Å²) in [6.45, 7) is 1.72. The zero-order chi connectivity index (χ0) is 21.8. The Hall–Kier alpha value is -3.71. The van der Waals surface area contributed by atoms with Crippen LogP contribution in [0.1, 0.15) is 40.4 Å². The summed E-state index contributed by atoms with van der Waals surface area (Å²) in [6.07, 6.45) is 3.82. The third-order valence-corrected chi connectivity index (χ3v) is 5.34. The maximum absolute atomic E-state index is 12.2. The van der Waals surface area contributed by atoms with Crippen molar-refractivity contribution in [1.29, 1.82) is 0 Å². The molecule has 1 amide bonds. The normalized spacial score (nSPS) is 13.4. The van der Waals surface area contributed by atoms with Gasteiger partial charge >= 0.3 is 0 Å². The van der Waals surface area contributed by atoms with Gasteiger partial charge < -0.3 is 14.2 Å². The van der Waals surface area contributed by atoms with Gasteiger partial charge in [0.25, 0.3) is 5.91 Å². The Bertz CT molecular complexity index is 1150. The summed E-state index contributed by atoms with van der Waals surface area (Å²) in [5.74, 6) is 1.89. The highest BCUT2D eigenvalue weighted by Gasteiger charge is 2.23. The summed E-state index contributed by atoms with van der Waals surface area (Å²) in [5, 5.41) is 11.4. The van der Waals surface area contributed by atoms with Crippen LogP contribution in [0.15, 0.2) is 81.8 Å². The SMILES string of the molecule is O=C(NC1CC1)c1ccc(CN(Cc2ccco2)Cc2nnc(-c3ccccc3)o2)cc1. The molecule has 162 valence electrons. The van der Waals surface area contributed by atoms with Gasteiger partial charge in [-0.05, 0) is 54.8 Å². The summed E-state index contributed by atoms with van der Waals surface area (Å²) >= 11 is 0. The molecule has 7 nitrogen and oxygen atoms in total. The minimum atomic E-state index is -0.00853. The molecule has 32 heavy (non-hydrogen) atoms. The molecule has 1 aliphatic rings. The van der Waals surface area contributed by atoms with Gasteiger partial charge in [-0.25, -0.2) is 0 Å². The van der Waals surface area contributed by atoms with Gasteiger partial charge in [0.15, 0.2) is 0 Å². The van der Waals surface area contributed by atoms with Crippen LogP contribution < -0.4 is 5.32 Å². The van der Waals surface area contributed by atoms with Crippen LogP contribution in [-0.2, 0) is 19.6 Å². The number of rotatable bonds is 9. The second-order valence-electron chi connectivity index (χ2n) is 8.04. The molecule has 1 aliphatic carbocycles. The average Bonchev–Trinajstić information content (AvgIpc) is 3.27. The quantitative estimate of drug-likeness (QED) is 0.425. The van der Waals surface area contributed by atoms with Crippen molar-refractivity contribution in [2.75, 3.05) is 0 Å². The lowest BCUT2D eigenvalue weighted by atomic mass is 10.1. The van der Waals surface area contributed by atoms with E-state index in [1.165, 1.54) is 0 Å². The minimum Gasteiger partial charge on any atom is -0.468 e. The number of carbonyl (C=O) groups excluding carboxylic acids is 1. The van der Waals surface area contributed by atoms with Gasteiger partial charge in [-0.1, -0.05) is 30.3 Å². The summed E-state index contributed by atoms with van der Waals surface area (Å²) in [4.78, 5) is 14.4. The van der Waals surface area contributed by atoms with Crippen molar-refractivity contribution in [3.63, 3.8) is 0 Å². The van der Waals surface area contributed by atoms with Crippen molar-refractivity contribution in [1.82, 2.24) is 20.4 Å². The Morgan fingerprint density at radius 3 is 2.47 bits per heavy atom. The molecule has 0 radical (unpaired) electrons. The highest BCUT2D eigenvalue weighted by molar-refractivity contribution is 5.94. The summed E-state index contributed by atoms with van der Waals surface area (Å²) < 4.78 is 11.4. The second kappa shape index (κ2) is 9.20. The van der Waals surface area contributed by atoms with E-state index in [-0.39, 0.29) is 5.91 Å². The first-order valence-corrected chi connectivity index (χ1v) is 10.8. The molecule has 4 aromatic rings. The molecule has 2 aromatic carbocycles. The lowest BCUT2D eigenvalue weighted by Gasteiger charge is -2.19. The molecule has 0 unspecified atom stereocenters. The summed E-state index contributed by atoms with van der Waals surface area (Å²) in [5.41, 5.74) is 2.66. The van der Waals surface area contributed by atoms with Gasteiger partial charge in [-0.3, -0.25) is 9.69 Å². The van der Waals surface area contributed by atoms with Crippen LogP contribution in [0.2, 0.25) is 0 Å². The maximum Gasteiger partial charge on any atom is 0.251 e. The third kappa shape index (κ3) is 5.12. The molecule has 5 rings (SSSR count). The first-order chi connectivity index (χ1) is 15.7.